The second-order valence-corrected chi connectivity index (χ2v) is 7.19. The summed E-state index contributed by atoms with van der Waals surface area (Å²) >= 11 is 0. The number of hydrogen-bond acceptors (Lipinski definition) is 5. The van der Waals surface area contributed by atoms with E-state index in [0.717, 1.165) is 11.3 Å². The topological polar surface area (TPSA) is 106 Å². The summed E-state index contributed by atoms with van der Waals surface area (Å²) in [6, 6.07) is 7.58. The molecule has 0 spiro atoms. The van der Waals surface area contributed by atoms with Crippen LogP contribution in [-0.2, 0) is 20.7 Å². The summed E-state index contributed by atoms with van der Waals surface area (Å²) in [7, 11) is 1.60. The van der Waals surface area contributed by atoms with Gasteiger partial charge in [0.25, 0.3) is 0 Å². The second kappa shape index (κ2) is 11.8. The Balaban J connectivity index is 2.11. The first-order valence-electron chi connectivity index (χ1n) is 9.33. The van der Waals surface area contributed by atoms with Crippen molar-refractivity contribution in [2.75, 3.05) is 26.7 Å². The average molecular weight is 393 g/mol. The van der Waals surface area contributed by atoms with Gasteiger partial charge >= 0.3 is 6.09 Å². The van der Waals surface area contributed by atoms with Crippen LogP contribution < -0.4 is 20.7 Å². The van der Waals surface area contributed by atoms with Crippen LogP contribution in [0.3, 0.4) is 0 Å². The van der Waals surface area contributed by atoms with Crippen LogP contribution in [0.4, 0.5) is 4.79 Å². The molecule has 156 valence electrons. The molecule has 0 saturated heterocycles. The minimum absolute atomic E-state index is 0.0910. The molecule has 3 amide bonds. The zero-order chi connectivity index (χ0) is 21.0. The van der Waals surface area contributed by atoms with Gasteiger partial charge in [-0.05, 0) is 38.8 Å². The number of ether oxygens (including phenoxy) is 2. The molecule has 0 aliphatic carbocycles. The number of para-hydroxylation sites is 1. The number of aryl methyl sites for hydroxylation is 1. The molecular weight excluding hydrogens is 362 g/mol. The Labute approximate surface area is 166 Å². The highest BCUT2D eigenvalue weighted by molar-refractivity contribution is 5.78. The number of carbonyl (C=O) groups excluding carboxylic acids is 3. The number of alkyl carbamates (subject to hydrolysis) is 1. The van der Waals surface area contributed by atoms with Gasteiger partial charge in [-0.15, -0.1) is 0 Å². The van der Waals surface area contributed by atoms with Crippen molar-refractivity contribution < 1.29 is 23.9 Å². The summed E-state index contributed by atoms with van der Waals surface area (Å²) in [5.41, 5.74) is 0.404. The monoisotopic (exact) mass is 393 g/mol. The number of carbonyl (C=O) groups is 3. The minimum Gasteiger partial charge on any atom is -0.496 e. The Morgan fingerprint density at radius 2 is 1.50 bits per heavy atom. The van der Waals surface area contributed by atoms with Crippen molar-refractivity contribution in [2.45, 2.75) is 45.6 Å². The van der Waals surface area contributed by atoms with E-state index in [4.69, 9.17) is 9.47 Å². The van der Waals surface area contributed by atoms with E-state index in [2.05, 4.69) is 16.0 Å². The third kappa shape index (κ3) is 10.4. The van der Waals surface area contributed by atoms with E-state index < -0.39 is 11.7 Å². The van der Waals surface area contributed by atoms with Crippen molar-refractivity contribution in [1.29, 1.82) is 0 Å². The summed E-state index contributed by atoms with van der Waals surface area (Å²) in [4.78, 5) is 35.1. The third-order valence-electron chi connectivity index (χ3n) is 3.60. The van der Waals surface area contributed by atoms with Crippen LogP contribution in [0.5, 0.6) is 5.75 Å². The van der Waals surface area contributed by atoms with E-state index in [1.54, 1.807) is 27.9 Å². The van der Waals surface area contributed by atoms with E-state index in [9.17, 15) is 14.4 Å². The van der Waals surface area contributed by atoms with Crippen molar-refractivity contribution >= 4 is 17.9 Å². The highest BCUT2D eigenvalue weighted by Crippen LogP contribution is 2.18. The molecule has 3 N–H and O–H groups in total. The van der Waals surface area contributed by atoms with Crippen LogP contribution in [0.2, 0.25) is 0 Å². The smallest absolute Gasteiger partial charge is 0.407 e. The minimum atomic E-state index is -0.573. The Morgan fingerprint density at radius 3 is 2.11 bits per heavy atom. The molecule has 0 atom stereocenters. The first-order chi connectivity index (χ1) is 13.2. The van der Waals surface area contributed by atoms with Gasteiger partial charge in [-0.2, -0.15) is 0 Å². The first-order valence-corrected chi connectivity index (χ1v) is 9.33. The highest BCUT2D eigenvalue weighted by atomic mass is 16.6. The molecule has 1 rings (SSSR count). The zero-order valence-electron chi connectivity index (χ0n) is 17.1. The van der Waals surface area contributed by atoms with Crippen LogP contribution in [0.15, 0.2) is 24.3 Å². The number of hydrogen-bond donors (Lipinski definition) is 3. The van der Waals surface area contributed by atoms with E-state index in [0.29, 0.717) is 25.9 Å². The molecule has 0 aliphatic rings. The van der Waals surface area contributed by atoms with Crippen LogP contribution in [-0.4, -0.2) is 50.3 Å². The molecule has 0 aromatic heterocycles. The molecule has 8 nitrogen and oxygen atoms in total. The van der Waals surface area contributed by atoms with Gasteiger partial charge in [0, 0.05) is 32.5 Å². The number of nitrogens with one attached hydrogen (secondary N) is 3. The number of amides is 3. The molecule has 0 radical (unpaired) electrons. The predicted octanol–water partition coefficient (Wildman–Crippen LogP) is 1.77. The summed E-state index contributed by atoms with van der Waals surface area (Å²) in [6.45, 7) is 6.16. The van der Waals surface area contributed by atoms with Gasteiger partial charge in [0.2, 0.25) is 11.8 Å². The van der Waals surface area contributed by atoms with Gasteiger partial charge in [0.1, 0.15) is 11.4 Å². The lowest BCUT2D eigenvalue weighted by Crippen LogP contribution is -2.37. The maximum atomic E-state index is 11.9. The highest BCUT2D eigenvalue weighted by Gasteiger charge is 2.15. The lowest BCUT2D eigenvalue weighted by atomic mass is 10.1. The van der Waals surface area contributed by atoms with Crippen molar-refractivity contribution in [2.24, 2.45) is 0 Å². The van der Waals surface area contributed by atoms with E-state index >= 15 is 0 Å². The van der Waals surface area contributed by atoms with Crippen LogP contribution >= 0.6 is 0 Å². The summed E-state index contributed by atoms with van der Waals surface area (Å²) in [5, 5.41) is 7.97. The van der Waals surface area contributed by atoms with Crippen LogP contribution in [0.25, 0.3) is 0 Å². The molecule has 0 aliphatic heterocycles. The fourth-order valence-corrected chi connectivity index (χ4v) is 2.33. The Hall–Kier alpha value is -2.77. The summed E-state index contributed by atoms with van der Waals surface area (Å²) in [6.07, 6.45) is 0.510. The summed E-state index contributed by atoms with van der Waals surface area (Å²) in [5.74, 6) is 0.466. The molecular formula is C20H31N3O5. The molecule has 1 aromatic rings. The van der Waals surface area contributed by atoms with Crippen LogP contribution in [0, 0.1) is 0 Å². The third-order valence-corrected chi connectivity index (χ3v) is 3.60. The van der Waals surface area contributed by atoms with Gasteiger partial charge < -0.3 is 25.4 Å². The van der Waals surface area contributed by atoms with Gasteiger partial charge in [-0.3, -0.25) is 9.59 Å². The first kappa shape index (κ1) is 23.3. The molecule has 0 saturated carbocycles. The maximum Gasteiger partial charge on any atom is 0.407 e. The second-order valence-electron chi connectivity index (χ2n) is 7.19. The quantitative estimate of drug-likeness (QED) is 0.526. The van der Waals surface area contributed by atoms with Gasteiger partial charge in [0.05, 0.1) is 7.11 Å². The SMILES string of the molecule is COc1ccccc1CCC(=O)NCCNC(=O)CCNC(=O)OC(C)(C)C. The van der Waals surface area contributed by atoms with Gasteiger partial charge in [-0.1, -0.05) is 18.2 Å². The van der Waals surface area contributed by atoms with Gasteiger partial charge in [-0.25, -0.2) is 4.79 Å². The molecule has 0 heterocycles. The molecule has 0 fully saturated rings. The predicted molar refractivity (Wildman–Crippen MR) is 106 cm³/mol. The lowest BCUT2D eigenvalue weighted by molar-refractivity contribution is -0.122. The standard InChI is InChI=1S/C20H31N3O5/c1-20(2,3)28-19(26)23-12-11-18(25)22-14-13-21-17(24)10-9-15-7-5-6-8-16(15)27-4/h5-8H,9-14H2,1-4H3,(H,21,24)(H,22,25)(H,23,26). The molecule has 0 unspecified atom stereocenters. The zero-order valence-corrected chi connectivity index (χ0v) is 17.1. The Morgan fingerprint density at radius 1 is 0.893 bits per heavy atom. The van der Waals surface area contributed by atoms with Crippen molar-refractivity contribution in [3.05, 3.63) is 29.8 Å². The molecule has 8 heteroatoms. The van der Waals surface area contributed by atoms with E-state index in [1.165, 1.54) is 0 Å². The lowest BCUT2D eigenvalue weighted by Gasteiger charge is -2.19. The van der Waals surface area contributed by atoms with Crippen molar-refractivity contribution in [3.8, 4) is 5.75 Å². The number of methoxy groups -OCH3 is 1. The Kier molecular flexibility index (Phi) is 9.84. The number of rotatable bonds is 10. The van der Waals surface area contributed by atoms with Gasteiger partial charge in [0.15, 0.2) is 0 Å². The maximum absolute atomic E-state index is 11.9. The fourth-order valence-electron chi connectivity index (χ4n) is 2.33. The Bertz CT molecular complexity index is 655. The average Bonchev–Trinajstić information content (AvgIpc) is 2.62. The van der Waals surface area contributed by atoms with E-state index in [1.807, 2.05) is 24.3 Å². The largest absolute Gasteiger partial charge is 0.496 e. The molecule has 28 heavy (non-hydrogen) atoms. The number of benzene rings is 1. The van der Waals surface area contributed by atoms with Crippen molar-refractivity contribution in [1.82, 2.24) is 16.0 Å². The molecule has 1 aromatic carbocycles. The van der Waals surface area contributed by atoms with Crippen molar-refractivity contribution in [3.63, 3.8) is 0 Å². The van der Waals surface area contributed by atoms with Crippen LogP contribution in [0.1, 0.15) is 39.2 Å². The molecule has 0 bridgehead atoms. The van der Waals surface area contributed by atoms with E-state index in [-0.39, 0.29) is 24.8 Å². The normalized spacial score (nSPS) is 10.7. The summed E-state index contributed by atoms with van der Waals surface area (Å²) < 4.78 is 10.3. The fraction of sp³-hybridized carbons (Fsp3) is 0.550.